The van der Waals surface area contributed by atoms with Crippen LogP contribution in [0.3, 0.4) is 0 Å². The molecule has 1 N–H and O–H groups in total. The van der Waals surface area contributed by atoms with Gasteiger partial charge in [0.2, 0.25) is 0 Å². The van der Waals surface area contributed by atoms with E-state index in [-0.39, 0.29) is 22.3 Å². The maximum absolute atomic E-state index is 14.5. The molecule has 0 aromatic heterocycles. The van der Waals surface area contributed by atoms with Gasteiger partial charge in [0.15, 0.2) is 61.6 Å². The van der Waals surface area contributed by atoms with Gasteiger partial charge in [-0.05, 0) is 48.5 Å². The number of carbonyl (C=O) groups is 10. The number of hydrogen-bond acceptors (Lipinski definition) is 26. The molecule has 84 heavy (non-hydrogen) atoms. The lowest BCUT2D eigenvalue weighted by Crippen LogP contribution is -2.69. The van der Waals surface area contributed by atoms with Crippen molar-refractivity contribution in [2.75, 3.05) is 19.8 Å². The molecule has 0 spiro atoms. The molecule has 3 fully saturated rings. The normalized spacial score (nSPS) is 27.2. The lowest BCUT2D eigenvalue weighted by atomic mass is 9.95. The Morgan fingerprint density at radius 2 is 0.607 bits per heavy atom. The highest BCUT2D eigenvalue weighted by Crippen LogP contribution is 2.39. The zero-order valence-electron chi connectivity index (χ0n) is 46.0. The highest BCUT2D eigenvalue weighted by Gasteiger charge is 2.60. The SMILES string of the molecule is CC(=O)OC[C@H]1O[C@@H](O)[C@H](OC(C)=O)[C@@H](O[C@@H]2O[C@H](COC(C)=O)[C@H](OC(C)=O)[C@H](O[C@@H]3O[C@H](COC(=O)c4ccccc4)[C@H](OC(=O)c4ccccc4)[C@H](OC(=O)c4ccccc4)[C@H]3OC(=O)c3ccccc3)[C@H]2OC(C)=O)[C@H]1OC(C)=O. The Labute approximate surface area is 479 Å². The fourth-order valence-electron chi connectivity index (χ4n) is 9.11. The summed E-state index contributed by atoms with van der Waals surface area (Å²) in [6.07, 6.45) is -29.5. The van der Waals surface area contributed by atoms with Gasteiger partial charge in [-0.2, -0.15) is 0 Å². The smallest absolute Gasteiger partial charge is 0.338 e. The van der Waals surface area contributed by atoms with Crippen molar-refractivity contribution in [3.63, 3.8) is 0 Å². The minimum absolute atomic E-state index is 0.0241. The molecule has 0 radical (unpaired) electrons. The number of esters is 10. The second-order valence-corrected chi connectivity index (χ2v) is 18.9. The maximum Gasteiger partial charge on any atom is 0.338 e. The lowest BCUT2D eigenvalue weighted by molar-refractivity contribution is -0.379. The quantitative estimate of drug-likeness (QED) is 0.0923. The van der Waals surface area contributed by atoms with Gasteiger partial charge in [-0.25, -0.2) is 19.2 Å². The highest BCUT2D eigenvalue weighted by atomic mass is 16.8. The van der Waals surface area contributed by atoms with E-state index in [4.69, 9.17) is 71.1 Å². The fraction of sp³-hybridized carbons (Fsp3) is 0.414. The predicted octanol–water partition coefficient (Wildman–Crippen LogP) is 3.31. The fourth-order valence-corrected chi connectivity index (χ4v) is 9.11. The van der Waals surface area contributed by atoms with Crippen LogP contribution in [0.4, 0.5) is 0 Å². The number of benzene rings is 4. The van der Waals surface area contributed by atoms with Crippen molar-refractivity contribution in [1.82, 2.24) is 0 Å². The number of ether oxygens (including phenoxy) is 15. The largest absolute Gasteiger partial charge is 0.463 e. The molecule has 7 rings (SSSR count). The molecule has 15 atom stereocenters. The minimum Gasteiger partial charge on any atom is -0.463 e. The van der Waals surface area contributed by atoms with Gasteiger partial charge in [-0.1, -0.05) is 72.8 Å². The Hall–Kier alpha value is -8.66. The van der Waals surface area contributed by atoms with Gasteiger partial charge in [0.25, 0.3) is 0 Å². The molecule has 3 heterocycles. The van der Waals surface area contributed by atoms with Crippen LogP contribution < -0.4 is 0 Å². The summed E-state index contributed by atoms with van der Waals surface area (Å²) in [6, 6.07) is 29.9. The molecule has 26 heteroatoms. The van der Waals surface area contributed by atoms with Crippen molar-refractivity contribution in [3.05, 3.63) is 144 Å². The average molecular weight is 1170 g/mol. The first-order valence-corrected chi connectivity index (χ1v) is 26.1. The molecule has 0 unspecified atom stereocenters. The molecule has 448 valence electrons. The molecular weight excluding hydrogens is 1110 g/mol. The van der Waals surface area contributed by atoms with E-state index in [0.717, 1.165) is 41.5 Å². The first kappa shape index (κ1) is 62.9. The van der Waals surface area contributed by atoms with E-state index >= 15 is 0 Å². The lowest BCUT2D eigenvalue weighted by Gasteiger charge is -2.50. The zero-order valence-corrected chi connectivity index (χ0v) is 46.0. The van der Waals surface area contributed by atoms with Gasteiger partial charge < -0.3 is 76.2 Å². The molecule has 0 aliphatic carbocycles. The second kappa shape index (κ2) is 29.5. The molecule has 3 aliphatic rings. The van der Waals surface area contributed by atoms with Crippen LogP contribution >= 0.6 is 0 Å². The van der Waals surface area contributed by atoms with Gasteiger partial charge in [0, 0.05) is 41.5 Å². The Kier molecular flexibility index (Phi) is 22.1. The van der Waals surface area contributed by atoms with Gasteiger partial charge in [0.1, 0.15) is 50.3 Å². The molecule has 0 bridgehead atoms. The molecule has 4 aromatic carbocycles. The Balaban J connectivity index is 1.43. The molecular formula is C58H60O26. The van der Waals surface area contributed by atoms with Gasteiger partial charge in [-0.15, -0.1) is 0 Å². The van der Waals surface area contributed by atoms with E-state index in [0.29, 0.717) is 0 Å². The van der Waals surface area contributed by atoms with E-state index in [1.54, 1.807) is 36.4 Å². The number of rotatable bonds is 21. The Bertz CT molecular complexity index is 2940. The molecule has 4 aromatic rings. The van der Waals surface area contributed by atoms with E-state index < -0.39 is 172 Å². The molecule has 26 nitrogen and oxygen atoms in total. The summed E-state index contributed by atoms with van der Waals surface area (Å²) >= 11 is 0. The van der Waals surface area contributed by atoms with Crippen LogP contribution in [0.15, 0.2) is 121 Å². The van der Waals surface area contributed by atoms with Crippen molar-refractivity contribution in [3.8, 4) is 0 Å². The van der Waals surface area contributed by atoms with Gasteiger partial charge in [0.05, 0.1) is 22.3 Å². The Morgan fingerprint density at radius 1 is 0.321 bits per heavy atom. The first-order chi connectivity index (χ1) is 40.2. The van der Waals surface area contributed by atoms with Crippen molar-refractivity contribution in [1.29, 1.82) is 0 Å². The van der Waals surface area contributed by atoms with Crippen LogP contribution in [0, 0.1) is 0 Å². The molecule has 0 saturated carbocycles. The third kappa shape index (κ3) is 17.0. The van der Waals surface area contributed by atoms with Gasteiger partial charge in [-0.3, -0.25) is 28.8 Å². The predicted molar refractivity (Wildman–Crippen MR) is 277 cm³/mol. The average Bonchev–Trinajstić information content (AvgIpc) is 1.30. The van der Waals surface area contributed by atoms with Crippen LogP contribution in [0.25, 0.3) is 0 Å². The highest BCUT2D eigenvalue weighted by molar-refractivity contribution is 5.91. The van der Waals surface area contributed by atoms with E-state index in [9.17, 15) is 53.1 Å². The summed E-state index contributed by atoms with van der Waals surface area (Å²) in [5.41, 5.74) is -0.121. The monoisotopic (exact) mass is 1170 g/mol. The van der Waals surface area contributed by atoms with Crippen molar-refractivity contribution in [2.45, 2.75) is 134 Å². The van der Waals surface area contributed by atoms with Crippen molar-refractivity contribution < 1.29 is 124 Å². The van der Waals surface area contributed by atoms with Crippen LogP contribution in [0.5, 0.6) is 0 Å². The number of carbonyl (C=O) groups excluding carboxylic acids is 10. The summed E-state index contributed by atoms with van der Waals surface area (Å²) in [5, 5.41) is 11.4. The topological polar surface area (TPSA) is 329 Å². The number of aliphatic hydroxyl groups is 1. The van der Waals surface area contributed by atoms with E-state index in [2.05, 4.69) is 0 Å². The number of hydrogen-bond donors (Lipinski definition) is 1. The van der Waals surface area contributed by atoms with E-state index in [1.165, 1.54) is 84.9 Å². The third-order valence-corrected chi connectivity index (χ3v) is 12.6. The summed E-state index contributed by atoms with van der Waals surface area (Å²) in [5.74, 6) is -10.1. The van der Waals surface area contributed by atoms with Crippen molar-refractivity contribution >= 4 is 59.7 Å². The van der Waals surface area contributed by atoms with E-state index in [1.807, 2.05) is 0 Å². The summed E-state index contributed by atoms with van der Waals surface area (Å²) in [7, 11) is 0. The molecule has 3 aliphatic heterocycles. The standard InChI is InChI=1S/C58H60O26/c1-30(59)70-27-40-43(73-32(3)61)46(49(56(69)77-40)75-34(5)63)83-57-50(76-35(6)64)48(44(74-33(4)62)41(78-57)28-71-31(2)60)84-58-51(82-55(68)39-25-17-10-18-26-39)47(81-54(67)38-23-15-9-16-24-38)45(80-53(66)37-21-13-8-14-22-37)42(79-58)29-72-52(65)36-19-11-7-12-20-36/h7-26,40-51,56-58,69H,27-29H2,1-6H3/t40-,41-,42-,43+,44+,45+,46+,47+,48+,49-,50-,51-,56-,57+,58+/m1/s1. The minimum atomic E-state index is -2.23. The van der Waals surface area contributed by atoms with Gasteiger partial charge >= 0.3 is 59.7 Å². The second-order valence-electron chi connectivity index (χ2n) is 18.9. The Morgan fingerprint density at radius 3 is 0.988 bits per heavy atom. The van der Waals surface area contributed by atoms with Crippen LogP contribution in [-0.2, 0) is 99.8 Å². The summed E-state index contributed by atoms with van der Waals surface area (Å²) < 4.78 is 89.5. The summed E-state index contributed by atoms with van der Waals surface area (Å²) in [6.45, 7) is 3.54. The van der Waals surface area contributed by atoms with Crippen LogP contribution in [-0.4, -0.2) is 177 Å². The first-order valence-electron chi connectivity index (χ1n) is 26.1. The number of aliphatic hydroxyl groups excluding tert-OH is 1. The maximum atomic E-state index is 14.5. The molecule has 3 saturated heterocycles. The molecule has 0 amide bonds. The zero-order chi connectivity index (χ0) is 60.6. The van der Waals surface area contributed by atoms with Crippen LogP contribution in [0.2, 0.25) is 0 Å². The summed E-state index contributed by atoms with van der Waals surface area (Å²) in [4.78, 5) is 134. The van der Waals surface area contributed by atoms with Crippen LogP contribution in [0.1, 0.15) is 83.0 Å². The third-order valence-electron chi connectivity index (χ3n) is 12.6. The van der Waals surface area contributed by atoms with Crippen molar-refractivity contribution in [2.24, 2.45) is 0 Å².